The van der Waals surface area contributed by atoms with Gasteiger partial charge in [-0.15, -0.1) is 0 Å². The van der Waals surface area contributed by atoms with Gasteiger partial charge in [0.15, 0.2) is 0 Å². The van der Waals surface area contributed by atoms with Gasteiger partial charge in [-0.25, -0.2) is 8.42 Å². The third-order valence-electron chi connectivity index (χ3n) is 3.96. The summed E-state index contributed by atoms with van der Waals surface area (Å²) >= 11 is 0. The number of aromatic nitrogens is 1. The van der Waals surface area contributed by atoms with Gasteiger partial charge in [0.1, 0.15) is 0 Å². The highest BCUT2D eigenvalue weighted by atomic mass is 32.2. The summed E-state index contributed by atoms with van der Waals surface area (Å²) in [6.07, 6.45) is 5.32. The van der Waals surface area contributed by atoms with Gasteiger partial charge in [-0.3, -0.25) is 19.8 Å². The number of hydrogen-bond acceptors (Lipinski definition) is 5. The Hall–Kier alpha value is -3.52. The van der Waals surface area contributed by atoms with E-state index < -0.39 is 14.9 Å². The first-order valence-corrected chi connectivity index (χ1v) is 9.80. The van der Waals surface area contributed by atoms with E-state index in [1.54, 1.807) is 31.3 Å². The van der Waals surface area contributed by atoms with Crippen molar-refractivity contribution >= 4 is 33.6 Å². The SMILES string of the molecule is Cc1ccc(S(=O)(=O)Nc2cccc(/C=C/c3ccccn3)c2)cc1[N+](=O)[O-]. The lowest BCUT2D eigenvalue weighted by molar-refractivity contribution is -0.385. The average molecular weight is 395 g/mol. The molecular weight excluding hydrogens is 378 g/mol. The van der Waals surface area contributed by atoms with Gasteiger partial charge >= 0.3 is 0 Å². The normalized spacial score (nSPS) is 11.5. The van der Waals surface area contributed by atoms with Gasteiger partial charge in [0.05, 0.1) is 15.5 Å². The maximum atomic E-state index is 12.6. The second-order valence-electron chi connectivity index (χ2n) is 6.02. The molecule has 0 unspecified atom stereocenters. The van der Waals surface area contributed by atoms with Crippen molar-refractivity contribution in [2.45, 2.75) is 11.8 Å². The predicted molar refractivity (Wildman–Crippen MR) is 108 cm³/mol. The fraction of sp³-hybridized carbons (Fsp3) is 0.0500. The van der Waals surface area contributed by atoms with Gasteiger partial charge < -0.3 is 0 Å². The van der Waals surface area contributed by atoms with Gasteiger partial charge in [0.2, 0.25) is 0 Å². The molecule has 0 bridgehead atoms. The third-order valence-corrected chi connectivity index (χ3v) is 5.34. The molecule has 0 saturated heterocycles. The third kappa shape index (κ3) is 4.60. The van der Waals surface area contributed by atoms with E-state index in [0.29, 0.717) is 11.3 Å². The van der Waals surface area contributed by atoms with Crippen LogP contribution in [0.5, 0.6) is 0 Å². The summed E-state index contributed by atoms with van der Waals surface area (Å²) in [5.74, 6) is 0. The smallest absolute Gasteiger partial charge is 0.273 e. The molecule has 28 heavy (non-hydrogen) atoms. The van der Waals surface area contributed by atoms with Crippen molar-refractivity contribution in [3.05, 3.63) is 93.8 Å². The van der Waals surface area contributed by atoms with Crippen molar-refractivity contribution < 1.29 is 13.3 Å². The van der Waals surface area contributed by atoms with Crippen LogP contribution in [0.1, 0.15) is 16.8 Å². The zero-order chi connectivity index (χ0) is 20.1. The number of benzene rings is 2. The molecule has 142 valence electrons. The molecule has 0 aliphatic rings. The van der Waals surface area contributed by atoms with E-state index in [-0.39, 0.29) is 10.6 Å². The minimum absolute atomic E-state index is 0.167. The van der Waals surface area contributed by atoms with E-state index in [1.807, 2.05) is 36.4 Å². The highest BCUT2D eigenvalue weighted by Gasteiger charge is 2.19. The quantitative estimate of drug-likeness (QED) is 0.496. The number of sulfonamides is 1. The number of nitro groups is 1. The summed E-state index contributed by atoms with van der Waals surface area (Å²) in [6.45, 7) is 1.55. The van der Waals surface area contributed by atoms with Crippen LogP contribution in [-0.2, 0) is 10.0 Å². The number of anilines is 1. The van der Waals surface area contributed by atoms with E-state index in [1.165, 1.54) is 12.1 Å². The summed E-state index contributed by atoms with van der Waals surface area (Å²) < 4.78 is 27.7. The Kier molecular flexibility index (Phi) is 5.51. The summed E-state index contributed by atoms with van der Waals surface area (Å²) in [5.41, 5.74) is 2.06. The number of rotatable bonds is 6. The first-order chi connectivity index (χ1) is 13.3. The molecule has 0 spiro atoms. The van der Waals surface area contributed by atoms with Crippen molar-refractivity contribution in [1.82, 2.24) is 4.98 Å². The second kappa shape index (κ2) is 8.01. The molecule has 8 heteroatoms. The summed E-state index contributed by atoms with van der Waals surface area (Å²) in [5, 5.41) is 11.1. The average Bonchev–Trinajstić information content (AvgIpc) is 2.67. The lowest BCUT2D eigenvalue weighted by Crippen LogP contribution is -2.13. The minimum Gasteiger partial charge on any atom is -0.280 e. The van der Waals surface area contributed by atoms with Crippen molar-refractivity contribution in [1.29, 1.82) is 0 Å². The maximum absolute atomic E-state index is 12.6. The Labute approximate surface area is 162 Å². The van der Waals surface area contributed by atoms with E-state index >= 15 is 0 Å². The van der Waals surface area contributed by atoms with E-state index in [4.69, 9.17) is 0 Å². The van der Waals surface area contributed by atoms with Gasteiger partial charge in [0.25, 0.3) is 15.7 Å². The van der Waals surface area contributed by atoms with Crippen LogP contribution >= 0.6 is 0 Å². The number of hydrogen-bond donors (Lipinski definition) is 1. The first kappa shape index (κ1) is 19.2. The molecule has 1 N–H and O–H groups in total. The Morgan fingerprint density at radius 1 is 1.04 bits per heavy atom. The summed E-state index contributed by atoms with van der Waals surface area (Å²) in [6, 6.07) is 16.2. The van der Waals surface area contributed by atoms with Gasteiger partial charge in [0, 0.05) is 23.5 Å². The van der Waals surface area contributed by atoms with Gasteiger partial charge in [-0.2, -0.15) is 0 Å². The standard InChI is InChI=1S/C20H17N3O4S/c1-15-8-11-19(14-20(15)23(24)25)28(26,27)22-18-7-4-5-16(13-18)9-10-17-6-2-3-12-21-17/h2-14,22H,1H3/b10-9+. The lowest BCUT2D eigenvalue weighted by Gasteiger charge is -2.09. The Morgan fingerprint density at radius 3 is 2.57 bits per heavy atom. The van der Waals surface area contributed by atoms with E-state index in [0.717, 1.165) is 17.3 Å². The number of nitrogens with zero attached hydrogens (tertiary/aromatic N) is 2. The largest absolute Gasteiger partial charge is 0.280 e. The molecule has 3 rings (SSSR count). The van der Waals surface area contributed by atoms with E-state index in [2.05, 4.69) is 9.71 Å². The highest BCUT2D eigenvalue weighted by molar-refractivity contribution is 7.92. The van der Waals surface area contributed by atoms with E-state index in [9.17, 15) is 18.5 Å². The van der Waals surface area contributed by atoms with Crippen molar-refractivity contribution in [2.24, 2.45) is 0 Å². The number of aryl methyl sites for hydroxylation is 1. The molecule has 1 heterocycles. The fourth-order valence-corrected chi connectivity index (χ4v) is 3.60. The Morgan fingerprint density at radius 2 is 1.86 bits per heavy atom. The zero-order valence-corrected chi connectivity index (χ0v) is 15.8. The summed E-state index contributed by atoms with van der Waals surface area (Å²) in [4.78, 5) is 14.5. The number of pyridine rings is 1. The topological polar surface area (TPSA) is 102 Å². The molecule has 3 aromatic rings. The van der Waals surface area contributed by atoms with Crippen molar-refractivity contribution in [3.8, 4) is 0 Å². The predicted octanol–water partition coefficient (Wildman–Crippen LogP) is 4.27. The molecule has 1 aromatic heterocycles. The van der Waals surface area contributed by atoms with Gasteiger partial charge in [-0.05, 0) is 48.9 Å². The molecule has 7 nitrogen and oxygen atoms in total. The van der Waals surface area contributed by atoms with Crippen LogP contribution < -0.4 is 4.72 Å². The van der Waals surface area contributed by atoms with Crippen LogP contribution in [0.3, 0.4) is 0 Å². The van der Waals surface area contributed by atoms with Crippen molar-refractivity contribution in [3.63, 3.8) is 0 Å². The number of nitro benzene ring substituents is 1. The molecular formula is C20H17N3O4S. The zero-order valence-electron chi connectivity index (χ0n) is 14.9. The first-order valence-electron chi connectivity index (χ1n) is 8.32. The highest BCUT2D eigenvalue weighted by Crippen LogP contribution is 2.24. The van der Waals surface area contributed by atoms with Crippen LogP contribution in [0.15, 0.2) is 71.8 Å². The molecule has 0 fully saturated rings. The van der Waals surface area contributed by atoms with Crippen LogP contribution in [-0.4, -0.2) is 18.3 Å². The molecule has 0 aliphatic heterocycles. The molecule has 0 aliphatic carbocycles. The van der Waals surface area contributed by atoms with Crippen LogP contribution in [0.25, 0.3) is 12.2 Å². The van der Waals surface area contributed by atoms with Gasteiger partial charge in [-0.1, -0.05) is 30.3 Å². The fourth-order valence-electron chi connectivity index (χ4n) is 2.53. The van der Waals surface area contributed by atoms with Crippen LogP contribution in [0, 0.1) is 17.0 Å². The molecule has 0 atom stereocenters. The molecule has 0 saturated carbocycles. The molecule has 0 amide bonds. The Bertz CT molecular complexity index is 1140. The number of nitrogens with one attached hydrogen (secondary N) is 1. The lowest BCUT2D eigenvalue weighted by atomic mass is 10.2. The maximum Gasteiger partial charge on any atom is 0.273 e. The second-order valence-corrected chi connectivity index (χ2v) is 7.71. The molecule has 2 aromatic carbocycles. The van der Waals surface area contributed by atoms with Crippen LogP contribution in [0.4, 0.5) is 11.4 Å². The monoisotopic (exact) mass is 395 g/mol. The van der Waals surface area contributed by atoms with Crippen molar-refractivity contribution in [2.75, 3.05) is 4.72 Å². The van der Waals surface area contributed by atoms with Crippen LogP contribution in [0.2, 0.25) is 0 Å². The molecule has 0 radical (unpaired) electrons. The summed E-state index contributed by atoms with van der Waals surface area (Å²) in [7, 11) is -3.96. The minimum atomic E-state index is -3.96. The Balaban J connectivity index is 1.84.